The number of carbonyl (C=O) groups is 4. The van der Waals surface area contributed by atoms with Gasteiger partial charge in [-0.05, 0) is 41.7 Å². The van der Waals surface area contributed by atoms with Gasteiger partial charge in [0.1, 0.15) is 17.8 Å². The number of nitrogens with one attached hydrogen (secondary N) is 1. The van der Waals surface area contributed by atoms with Crippen LogP contribution in [0.2, 0.25) is 0 Å². The molecule has 9 heteroatoms. The maximum atomic E-state index is 12.8. The summed E-state index contributed by atoms with van der Waals surface area (Å²) >= 11 is 0. The third-order valence-electron chi connectivity index (χ3n) is 6.57. The minimum Gasteiger partial charge on any atom is -0.508 e. The van der Waals surface area contributed by atoms with Gasteiger partial charge in [-0.1, -0.05) is 42.8 Å². The van der Waals surface area contributed by atoms with Crippen molar-refractivity contribution in [3.63, 3.8) is 0 Å². The fourth-order valence-corrected chi connectivity index (χ4v) is 4.65. The minimum absolute atomic E-state index is 0.0861. The van der Waals surface area contributed by atoms with Crippen LogP contribution in [0.15, 0.2) is 48.5 Å². The Balaban J connectivity index is 1.20. The van der Waals surface area contributed by atoms with E-state index in [1.165, 1.54) is 17.0 Å². The first-order valence-electron chi connectivity index (χ1n) is 11.8. The molecule has 3 N–H and O–H groups in total. The Labute approximate surface area is 203 Å². The molecule has 0 radical (unpaired) electrons. The maximum Gasteiger partial charge on any atom is 0.327 e. The van der Waals surface area contributed by atoms with Gasteiger partial charge in [-0.2, -0.15) is 0 Å². The third-order valence-corrected chi connectivity index (χ3v) is 6.57. The van der Waals surface area contributed by atoms with Crippen LogP contribution >= 0.6 is 0 Å². The van der Waals surface area contributed by atoms with Crippen LogP contribution in [0.4, 0.5) is 4.79 Å². The van der Waals surface area contributed by atoms with Gasteiger partial charge in [0.2, 0.25) is 5.91 Å². The first-order valence-corrected chi connectivity index (χ1v) is 11.8. The number of benzene rings is 2. The Hall–Kier alpha value is -3.88. The summed E-state index contributed by atoms with van der Waals surface area (Å²) < 4.78 is 0. The molecule has 0 saturated carbocycles. The lowest BCUT2D eigenvalue weighted by atomic mass is 9.95. The molecule has 2 aromatic rings. The summed E-state index contributed by atoms with van der Waals surface area (Å²) in [5, 5.41) is 21.3. The molecule has 4 rings (SSSR count). The van der Waals surface area contributed by atoms with Gasteiger partial charge < -0.3 is 20.4 Å². The summed E-state index contributed by atoms with van der Waals surface area (Å²) in [5.74, 6) is -1.57. The molecular formula is C26H29N3O6. The molecule has 0 spiro atoms. The molecule has 2 heterocycles. The number of phenolic OH excluding ortho intramolecular Hbond substituents is 1. The summed E-state index contributed by atoms with van der Waals surface area (Å²) in [6.45, 7) is 0.748. The number of aliphatic carboxylic acids is 1. The van der Waals surface area contributed by atoms with Crippen LogP contribution in [0, 0.1) is 0 Å². The zero-order chi connectivity index (χ0) is 24.9. The number of urea groups is 1. The number of imide groups is 1. The smallest absolute Gasteiger partial charge is 0.327 e. The molecule has 2 aliphatic heterocycles. The van der Waals surface area contributed by atoms with Crippen LogP contribution in [0.3, 0.4) is 0 Å². The highest BCUT2D eigenvalue weighted by Gasteiger charge is 2.46. The van der Waals surface area contributed by atoms with Gasteiger partial charge in [-0.3, -0.25) is 14.5 Å². The standard InChI is InChI=1S/C26H29N3O6/c30-20-11-9-17(10-12-20)14-21(25(33)34)27-23(31)8-2-1-5-13-28-24(32)22-15-18-6-3-4-7-19(18)16-29(22)26(28)35/h3-4,6-7,9-12,21-22,30H,1-2,5,8,13-16H2,(H,27,31)(H,33,34)/t21-,22-/m0/s1. The Morgan fingerprint density at radius 3 is 2.43 bits per heavy atom. The maximum absolute atomic E-state index is 12.8. The van der Waals surface area contributed by atoms with E-state index in [-0.39, 0.29) is 36.4 Å². The molecule has 4 amide bonds. The van der Waals surface area contributed by atoms with Crippen molar-refractivity contribution < 1.29 is 29.4 Å². The predicted molar refractivity (Wildman–Crippen MR) is 126 cm³/mol. The second-order valence-corrected chi connectivity index (χ2v) is 9.03. The van der Waals surface area contributed by atoms with Crippen molar-refractivity contribution in [2.75, 3.05) is 6.54 Å². The predicted octanol–water partition coefficient (Wildman–Crippen LogP) is 2.45. The number of amides is 4. The van der Waals surface area contributed by atoms with Crippen LogP contribution in [0.1, 0.15) is 42.4 Å². The van der Waals surface area contributed by atoms with Gasteiger partial charge in [0.25, 0.3) is 5.91 Å². The SMILES string of the molecule is O=C(CCCCCN1C(=O)[C@@H]2Cc3ccccc3CN2C1=O)N[C@@H](Cc1ccc(O)cc1)C(=O)O. The Kier molecular flexibility index (Phi) is 7.33. The van der Waals surface area contributed by atoms with Crippen molar-refractivity contribution in [3.05, 3.63) is 65.2 Å². The zero-order valence-corrected chi connectivity index (χ0v) is 19.4. The summed E-state index contributed by atoms with van der Waals surface area (Å²) in [4.78, 5) is 52.3. The van der Waals surface area contributed by atoms with Crippen molar-refractivity contribution in [2.45, 2.75) is 57.2 Å². The second-order valence-electron chi connectivity index (χ2n) is 9.03. The Morgan fingerprint density at radius 1 is 1.00 bits per heavy atom. The molecule has 1 fully saturated rings. The number of hydrogen-bond acceptors (Lipinski definition) is 5. The molecule has 2 atom stereocenters. The molecule has 0 aliphatic carbocycles. The lowest BCUT2D eigenvalue weighted by molar-refractivity contribution is -0.141. The highest BCUT2D eigenvalue weighted by Crippen LogP contribution is 2.30. The fraction of sp³-hybridized carbons (Fsp3) is 0.385. The van der Waals surface area contributed by atoms with E-state index in [1.54, 1.807) is 17.0 Å². The molecule has 2 aliphatic rings. The van der Waals surface area contributed by atoms with E-state index < -0.39 is 18.1 Å². The summed E-state index contributed by atoms with van der Waals surface area (Å²) in [5.41, 5.74) is 2.87. The number of unbranched alkanes of at least 4 members (excludes halogenated alkanes) is 2. The quantitative estimate of drug-likeness (QED) is 0.355. The van der Waals surface area contributed by atoms with E-state index in [0.717, 1.165) is 11.1 Å². The number of phenols is 1. The molecule has 0 aromatic heterocycles. The second kappa shape index (κ2) is 10.6. The van der Waals surface area contributed by atoms with Crippen LogP contribution in [0.25, 0.3) is 0 Å². The fourth-order valence-electron chi connectivity index (χ4n) is 4.65. The van der Waals surface area contributed by atoms with Crippen molar-refractivity contribution in [1.82, 2.24) is 15.1 Å². The Morgan fingerprint density at radius 2 is 1.71 bits per heavy atom. The van der Waals surface area contributed by atoms with Gasteiger partial charge in [0.05, 0.1) is 0 Å². The van der Waals surface area contributed by atoms with Crippen LogP contribution in [-0.4, -0.2) is 62.5 Å². The van der Waals surface area contributed by atoms with E-state index in [0.29, 0.717) is 44.3 Å². The molecule has 0 bridgehead atoms. The van der Waals surface area contributed by atoms with Crippen molar-refractivity contribution in [1.29, 1.82) is 0 Å². The molecule has 184 valence electrons. The highest BCUT2D eigenvalue weighted by molar-refractivity contribution is 6.04. The summed E-state index contributed by atoms with van der Waals surface area (Å²) in [6.07, 6.45) is 2.53. The molecule has 0 unspecified atom stereocenters. The number of hydrogen-bond donors (Lipinski definition) is 3. The molecule has 1 saturated heterocycles. The molecule has 35 heavy (non-hydrogen) atoms. The van der Waals surface area contributed by atoms with Crippen molar-refractivity contribution in [2.24, 2.45) is 0 Å². The molecular weight excluding hydrogens is 450 g/mol. The van der Waals surface area contributed by atoms with Crippen molar-refractivity contribution in [3.8, 4) is 5.75 Å². The number of carboxylic acid groups (broad SMARTS) is 1. The van der Waals surface area contributed by atoms with Crippen LogP contribution < -0.4 is 5.32 Å². The van der Waals surface area contributed by atoms with Gasteiger partial charge in [0.15, 0.2) is 0 Å². The van der Waals surface area contributed by atoms with Crippen LogP contribution in [0.5, 0.6) is 5.75 Å². The largest absolute Gasteiger partial charge is 0.508 e. The van der Waals surface area contributed by atoms with Crippen LogP contribution in [-0.2, 0) is 33.8 Å². The first-order chi connectivity index (χ1) is 16.8. The number of aromatic hydroxyl groups is 1. The van der Waals surface area contributed by atoms with Gasteiger partial charge in [0, 0.05) is 32.4 Å². The van der Waals surface area contributed by atoms with E-state index in [2.05, 4.69) is 5.32 Å². The van der Waals surface area contributed by atoms with E-state index in [9.17, 15) is 29.4 Å². The first kappa shape index (κ1) is 24.3. The van der Waals surface area contributed by atoms with E-state index >= 15 is 0 Å². The van der Waals surface area contributed by atoms with Gasteiger partial charge in [-0.15, -0.1) is 0 Å². The average molecular weight is 480 g/mol. The van der Waals surface area contributed by atoms with Gasteiger partial charge >= 0.3 is 12.0 Å². The molecule has 2 aromatic carbocycles. The van der Waals surface area contributed by atoms with Gasteiger partial charge in [-0.25, -0.2) is 9.59 Å². The lowest BCUT2D eigenvalue weighted by Gasteiger charge is -2.28. The zero-order valence-electron chi connectivity index (χ0n) is 19.4. The number of carboxylic acids is 1. The molecule has 9 nitrogen and oxygen atoms in total. The number of fused-ring (bicyclic) bond motifs is 2. The number of rotatable bonds is 10. The van der Waals surface area contributed by atoms with Crippen molar-refractivity contribution >= 4 is 23.8 Å². The van der Waals surface area contributed by atoms with E-state index in [4.69, 9.17) is 0 Å². The average Bonchev–Trinajstić information content (AvgIpc) is 3.07. The number of nitrogens with zero attached hydrogens (tertiary/aromatic N) is 2. The summed E-state index contributed by atoms with van der Waals surface area (Å²) in [6, 6.07) is 12.3. The normalized spacial score (nSPS) is 17.7. The number of carbonyl (C=O) groups excluding carboxylic acids is 3. The lowest BCUT2D eigenvalue weighted by Crippen LogP contribution is -2.42. The third kappa shape index (κ3) is 5.62. The summed E-state index contributed by atoms with van der Waals surface area (Å²) in [7, 11) is 0. The Bertz CT molecular complexity index is 1070. The topological polar surface area (TPSA) is 127 Å². The minimum atomic E-state index is -1.13. The monoisotopic (exact) mass is 479 g/mol. The highest BCUT2D eigenvalue weighted by atomic mass is 16.4. The van der Waals surface area contributed by atoms with E-state index in [1.807, 2.05) is 24.3 Å².